The van der Waals surface area contributed by atoms with Crippen molar-refractivity contribution >= 4 is 5.97 Å². The predicted octanol–water partition coefficient (Wildman–Crippen LogP) is 2.19. The van der Waals surface area contributed by atoms with Crippen molar-refractivity contribution in [2.75, 3.05) is 0 Å². The van der Waals surface area contributed by atoms with Gasteiger partial charge in [-0.1, -0.05) is 13.3 Å². The molecule has 15 heavy (non-hydrogen) atoms. The van der Waals surface area contributed by atoms with Gasteiger partial charge >= 0.3 is 5.97 Å². The van der Waals surface area contributed by atoms with E-state index >= 15 is 0 Å². The molecule has 1 aromatic rings. The van der Waals surface area contributed by atoms with Crippen LogP contribution in [0.3, 0.4) is 0 Å². The van der Waals surface area contributed by atoms with Gasteiger partial charge in [0.1, 0.15) is 17.2 Å². The number of hydrogen-bond acceptors (Lipinski definition) is 4. The topological polar surface area (TPSA) is 66.8 Å². The number of phenols is 2. The Labute approximate surface area is 88.1 Å². The first-order valence-electron chi connectivity index (χ1n) is 4.85. The number of carbonyl (C=O) groups is 1. The summed E-state index contributed by atoms with van der Waals surface area (Å²) in [7, 11) is 0. The van der Waals surface area contributed by atoms with Crippen LogP contribution in [0.15, 0.2) is 18.2 Å². The number of aromatic hydroxyl groups is 2. The quantitative estimate of drug-likeness (QED) is 0.590. The molecular formula is C11H14O4. The third kappa shape index (κ3) is 3.89. The lowest BCUT2D eigenvalue weighted by Gasteiger charge is -2.04. The minimum atomic E-state index is -0.359. The van der Waals surface area contributed by atoms with Crippen LogP contribution in [-0.4, -0.2) is 16.2 Å². The summed E-state index contributed by atoms with van der Waals surface area (Å²) in [5.41, 5.74) is 0. The summed E-state index contributed by atoms with van der Waals surface area (Å²) < 4.78 is 4.92. The van der Waals surface area contributed by atoms with E-state index in [-0.39, 0.29) is 23.2 Å². The zero-order valence-electron chi connectivity index (χ0n) is 8.56. The van der Waals surface area contributed by atoms with Gasteiger partial charge in [0.15, 0.2) is 0 Å². The smallest absolute Gasteiger partial charge is 0.311 e. The molecule has 0 bridgehead atoms. The van der Waals surface area contributed by atoms with E-state index in [0.29, 0.717) is 6.42 Å². The maximum absolute atomic E-state index is 11.2. The molecule has 2 N–H and O–H groups in total. The van der Waals surface area contributed by atoms with Crippen LogP contribution < -0.4 is 4.74 Å². The second kappa shape index (κ2) is 5.24. The summed E-state index contributed by atoms with van der Waals surface area (Å²) in [5.74, 6) is -0.461. The Hall–Kier alpha value is -1.71. The van der Waals surface area contributed by atoms with Gasteiger partial charge in [-0.05, 0) is 6.42 Å². The molecule has 0 aromatic heterocycles. The highest BCUT2D eigenvalue weighted by atomic mass is 16.5. The summed E-state index contributed by atoms with van der Waals surface area (Å²) in [4.78, 5) is 11.2. The predicted molar refractivity (Wildman–Crippen MR) is 54.9 cm³/mol. The normalized spacial score (nSPS) is 9.93. The maximum atomic E-state index is 11.2. The Balaban J connectivity index is 2.60. The second-order valence-electron chi connectivity index (χ2n) is 3.26. The van der Waals surface area contributed by atoms with Gasteiger partial charge in [0.2, 0.25) is 0 Å². The standard InChI is InChI=1S/C11H14O4/c1-2-3-4-11(14)15-10-6-8(12)5-9(13)7-10/h5-7,12-13H,2-4H2,1H3. The number of ether oxygens (including phenoxy) is 1. The van der Waals surface area contributed by atoms with Crippen LogP contribution in [0.2, 0.25) is 0 Å². The van der Waals surface area contributed by atoms with Gasteiger partial charge in [0, 0.05) is 24.6 Å². The van der Waals surface area contributed by atoms with E-state index in [1.165, 1.54) is 18.2 Å². The fourth-order valence-corrected chi connectivity index (χ4v) is 1.13. The van der Waals surface area contributed by atoms with Crippen molar-refractivity contribution in [1.82, 2.24) is 0 Å². The van der Waals surface area contributed by atoms with Gasteiger partial charge in [-0.15, -0.1) is 0 Å². The number of carbonyl (C=O) groups excluding carboxylic acids is 1. The van der Waals surface area contributed by atoms with Crippen molar-refractivity contribution in [2.24, 2.45) is 0 Å². The molecule has 0 aliphatic heterocycles. The summed E-state index contributed by atoms with van der Waals surface area (Å²) in [5, 5.41) is 18.3. The minimum absolute atomic E-state index is 0.131. The Morgan fingerprint density at radius 1 is 1.27 bits per heavy atom. The number of hydrogen-bond donors (Lipinski definition) is 2. The van der Waals surface area contributed by atoms with Gasteiger partial charge in [-0.2, -0.15) is 0 Å². The lowest BCUT2D eigenvalue weighted by molar-refractivity contribution is -0.134. The van der Waals surface area contributed by atoms with Gasteiger partial charge in [0.25, 0.3) is 0 Å². The highest BCUT2D eigenvalue weighted by Crippen LogP contribution is 2.25. The van der Waals surface area contributed by atoms with E-state index in [2.05, 4.69) is 0 Å². The highest BCUT2D eigenvalue weighted by molar-refractivity contribution is 5.72. The number of phenolic OH excluding ortho intramolecular Hbond substituents is 2. The van der Waals surface area contributed by atoms with Gasteiger partial charge in [-0.25, -0.2) is 0 Å². The van der Waals surface area contributed by atoms with E-state index in [0.717, 1.165) is 12.8 Å². The van der Waals surface area contributed by atoms with E-state index in [4.69, 9.17) is 14.9 Å². The Morgan fingerprint density at radius 2 is 1.87 bits per heavy atom. The molecule has 0 radical (unpaired) electrons. The zero-order chi connectivity index (χ0) is 11.3. The molecule has 4 nitrogen and oxygen atoms in total. The summed E-state index contributed by atoms with van der Waals surface area (Å²) in [6, 6.07) is 3.73. The molecule has 0 atom stereocenters. The van der Waals surface area contributed by atoms with E-state index in [1.54, 1.807) is 0 Å². The van der Waals surface area contributed by atoms with E-state index in [1.807, 2.05) is 6.92 Å². The third-order valence-electron chi connectivity index (χ3n) is 1.84. The fraction of sp³-hybridized carbons (Fsp3) is 0.364. The molecule has 0 unspecified atom stereocenters. The molecule has 0 spiro atoms. The molecule has 0 heterocycles. The van der Waals surface area contributed by atoms with Crippen molar-refractivity contribution in [2.45, 2.75) is 26.2 Å². The lowest BCUT2D eigenvalue weighted by Crippen LogP contribution is -2.07. The van der Waals surface area contributed by atoms with Crippen molar-refractivity contribution < 1.29 is 19.7 Å². The minimum Gasteiger partial charge on any atom is -0.508 e. The van der Waals surface area contributed by atoms with Crippen LogP contribution in [-0.2, 0) is 4.79 Å². The molecule has 0 saturated heterocycles. The fourth-order valence-electron chi connectivity index (χ4n) is 1.13. The molecule has 0 aliphatic carbocycles. The third-order valence-corrected chi connectivity index (χ3v) is 1.84. The molecule has 4 heteroatoms. The molecular weight excluding hydrogens is 196 g/mol. The van der Waals surface area contributed by atoms with Gasteiger partial charge < -0.3 is 14.9 Å². The van der Waals surface area contributed by atoms with Gasteiger partial charge in [-0.3, -0.25) is 4.79 Å². The average molecular weight is 210 g/mol. The van der Waals surface area contributed by atoms with Crippen molar-refractivity contribution in [3.8, 4) is 17.2 Å². The summed E-state index contributed by atoms with van der Waals surface area (Å²) in [6.07, 6.45) is 2.02. The molecule has 0 amide bonds. The van der Waals surface area contributed by atoms with Crippen LogP contribution in [0, 0.1) is 0 Å². The molecule has 1 rings (SSSR count). The van der Waals surface area contributed by atoms with Crippen LogP contribution in [0.1, 0.15) is 26.2 Å². The first-order valence-corrected chi connectivity index (χ1v) is 4.85. The first kappa shape index (κ1) is 11.4. The largest absolute Gasteiger partial charge is 0.508 e. The Morgan fingerprint density at radius 3 is 2.40 bits per heavy atom. The molecule has 82 valence electrons. The van der Waals surface area contributed by atoms with Crippen molar-refractivity contribution in [3.63, 3.8) is 0 Å². The number of rotatable bonds is 4. The highest BCUT2D eigenvalue weighted by Gasteiger charge is 2.06. The number of unbranched alkanes of at least 4 members (excludes halogenated alkanes) is 1. The SMILES string of the molecule is CCCCC(=O)Oc1cc(O)cc(O)c1. The molecule has 0 aliphatic rings. The van der Waals surface area contributed by atoms with E-state index in [9.17, 15) is 4.79 Å². The second-order valence-corrected chi connectivity index (χ2v) is 3.26. The lowest BCUT2D eigenvalue weighted by atomic mass is 10.2. The monoisotopic (exact) mass is 210 g/mol. The van der Waals surface area contributed by atoms with E-state index < -0.39 is 0 Å². The summed E-state index contributed by atoms with van der Waals surface area (Å²) in [6.45, 7) is 1.98. The Bertz CT molecular complexity index is 326. The zero-order valence-corrected chi connectivity index (χ0v) is 8.56. The Kier molecular flexibility index (Phi) is 3.97. The summed E-state index contributed by atoms with van der Waals surface area (Å²) >= 11 is 0. The van der Waals surface area contributed by atoms with Crippen LogP contribution in [0.4, 0.5) is 0 Å². The van der Waals surface area contributed by atoms with Crippen molar-refractivity contribution in [1.29, 1.82) is 0 Å². The van der Waals surface area contributed by atoms with Crippen LogP contribution in [0.5, 0.6) is 17.2 Å². The molecule has 0 saturated carbocycles. The average Bonchev–Trinajstić information content (AvgIpc) is 2.13. The van der Waals surface area contributed by atoms with Crippen molar-refractivity contribution in [3.05, 3.63) is 18.2 Å². The van der Waals surface area contributed by atoms with Crippen LogP contribution in [0.25, 0.3) is 0 Å². The molecule has 0 fully saturated rings. The number of benzene rings is 1. The number of esters is 1. The maximum Gasteiger partial charge on any atom is 0.311 e. The van der Waals surface area contributed by atoms with Crippen LogP contribution >= 0.6 is 0 Å². The van der Waals surface area contributed by atoms with Gasteiger partial charge in [0.05, 0.1) is 0 Å². The molecule has 1 aromatic carbocycles. The first-order chi connectivity index (χ1) is 7.11.